The lowest BCUT2D eigenvalue weighted by Gasteiger charge is -2.36. The Kier molecular flexibility index (Phi) is 23.4. The van der Waals surface area contributed by atoms with Gasteiger partial charge >= 0.3 is 0 Å². The molecule has 0 spiro atoms. The lowest BCUT2D eigenvalue weighted by molar-refractivity contribution is -0.144. The number of hydrogen-bond donors (Lipinski definition) is 6. The maximum Gasteiger partial charge on any atom is 0.259 e. The predicted octanol–water partition coefficient (Wildman–Crippen LogP) is 3.89. The zero-order valence-electron chi connectivity index (χ0n) is 47.4. The molecule has 432 valence electrons. The number of benzene rings is 2. The van der Waals surface area contributed by atoms with Crippen LogP contribution in [-0.4, -0.2) is 176 Å². The smallest absolute Gasteiger partial charge is 0.259 e. The van der Waals surface area contributed by atoms with E-state index in [2.05, 4.69) is 43.1 Å². The van der Waals surface area contributed by atoms with Crippen LogP contribution in [0.3, 0.4) is 0 Å². The third-order valence-electron chi connectivity index (χ3n) is 13.9. The number of aromatic nitrogens is 3. The quantitative estimate of drug-likeness (QED) is 0.0463. The molecule has 6 N–H and O–H groups in total. The highest BCUT2D eigenvalue weighted by atomic mass is 16.6. The number of anilines is 1. The predicted molar refractivity (Wildman–Crippen MR) is 297 cm³/mol. The first-order valence-electron chi connectivity index (χ1n) is 27.5. The van der Waals surface area contributed by atoms with Gasteiger partial charge in [-0.05, 0) is 70.7 Å². The summed E-state index contributed by atoms with van der Waals surface area (Å²) in [7, 11) is 1.66. The first-order valence-corrected chi connectivity index (χ1v) is 27.5. The summed E-state index contributed by atoms with van der Waals surface area (Å²) in [6.07, 6.45) is 3.94. The third kappa shape index (κ3) is 18.2. The van der Waals surface area contributed by atoms with Crippen molar-refractivity contribution in [2.45, 2.75) is 123 Å². The second-order valence-corrected chi connectivity index (χ2v) is 21.2. The number of carbonyl (C=O) groups excluding carboxylic acids is 6. The van der Waals surface area contributed by atoms with Crippen molar-refractivity contribution < 1.29 is 52.5 Å². The van der Waals surface area contributed by atoms with Gasteiger partial charge in [-0.15, -0.1) is 0 Å². The van der Waals surface area contributed by atoms with Crippen molar-refractivity contribution in [1.82, 2.24) is 51.0 Å². The molecule has 79 heavy (non-hydrogen) atoms. The summed E-state index contributed by atoms with van der Waals surface area (Å²) in [5.41, 5.74) is 3.10. The number of amides is 6. The fourth-order valence-corrected chi connectivity index (χ4v) is 9.35. The number of aryl methyl sites for hydroxylation is 1. The summed E-state index contributed by atoms with van der Waals surface area (Å²) in [4.78, 5) is 89.1. The zero-order valence-corrected chi connectivity index (χ0v) is 47.4. The molecule has 6 amide bonds. The molecule has 2 aliphatic heterocycles. The number of ether oxygens (including phenoxy) is 5. The fraction of sp³-hybridized carbons (Fsp3) is 0.579. The van der Waals surface area contributed by atoms with Crippen LogP contribution in [0.2, 0.25) is 0 Å². The van der Waals surface area contributed by atoms with E-state index >= 15 is 0 Å². The van der Waals surface area contributed by atoms with Crippen LogP contribution < -0.4 is 36.6 Å². The summed E-state index contributed by atoms with van der Waals surface area (Å²) in [6, 6.07) is 14.2. The second kappa shape index (κ2) is 30.0. The second-order valence-electron chi connectivity index (χ2n) is 21.2. The number of carbonyl (C=O) groups is 6. The van der Waals surface area contributed by atoms with Gasteiger partial charge < -0.3 is 65.4 Å². The van der Waals surface area contributed by atoms with Crippen molar-refractivity contribution in [3.63, 3.8) is 0 Å². The fourth-order valence-electron chi connectivity index (χ4n) is 9.35. The van der Waals surface area contributed by atoms with Crippen LogP contribution in [0, 0.1) is 12.3 Å². The Bertz CT molecular complexity index is 2650. The van der Waals surface area contributed by atoms with Gasteiger partial charge in [0.2, 0.25) is 29.5 Å². The molecule has 0 aliphatic carbocycles. The number of rotatable bonds is 27. The van der Waals surface area contributed by atoms with E-state index in [4.69, 9.17) is 28.7 Å². The standard InChI is InChI=1S/C57H83N11O11/c1-10-45(41-14-12-11-13-15-41)63-54(72)46-33-42(36-67(46)56(74)51(57(6,7)8)65-53(71)40(5)58-9)62-50(70)20-25-76-27-29-78-31-30-77-28-26-75-24-19-49(69)59-21-23-66-35-38(3)79-47-17-16-37(2)32-43(47)39(4)61-48-18-22-68-52(64-48)44(34-60-68)55(66)73/h11-18,22,32,34,38-40,42,45-46,51,58H,10,19-21,23-31,33,35-36H2,1-9H3,(H,59,69)(H,61,64)(H,62,70)(H,63,72)(H,65,71)/t38-,39+,40-,42-,45+,46-,51+/m0/s1. The molecular formula is C57H83N11O11. The molecule has 0 radical (unpaired) electrons. The monoisotopic (exact) mass is 1100 g/mol. The summed E-state index contributed by atoms with van der Waals surface area (Å²) in [5, 5.41) is 22.6. The maximum absolute atomic E-state index is 14.3. The molecule has 1 fully saturated rings. The minimum absolute atomic E-state index is 0.0623. The van der Waals surface area contributed by atoms with Crippen LogP contribution >= 0.6 is 0 Å². The van der Waals surface area contributed by atoms with E-state index in [-0.39, 0.29) is 126 Å². The van der Waals surface area contributed by atoms with Crippen LogP contribution in [0.25, 0.3) is 5.65 Å². The van der Waals surface area contributed by atoms with Crippen molar-refractivity contribution in [3.05, 3.63) is 89.2 Å². The lowest BCUT2D eigenvalue weighted by Crippen LogP contribution is -2.59. The van der Waals surface area contributed by atoms with Gasteiger partial charge in [0, 0.05) is 50.3 Å². The van der Waals surface area contributed by atoms with E-state index in [1.807, 2.05) is 97.0 Å². The van der Waals surface area contributed by atoms with Gasteiger partial charge in [-0.25, -0.2) is 9.50 Å². The van der Waals surface area contributed by atoms with Gasteiger partial charge in [-0.3, -0.25) is 28.8 Å². The number of hydrogen-bond acceptors (Lipinski definition) is 15. The molecule has 2 aromatic carbocycles. The Morgan fingerprint density at radius 2 is 1.52 bits per heavy atom. The molecule has 0 unspecified atom stereocenters. The van der Waals surface area contributed by atoms with Crippen molar-refractivity contribution >= 4 is 46.9 Å². The van der Waals surface area contributed by atoms with Gasteiger partial charge in [-0.1, -0.05) is 75.7 Å². The average Bonchev–Trinajstić information content (AvgIpc) is 4.11. The molecule has 1 saturated heterocycles. The molecule has 22 nitrogen and oxygen atoms in total. The minimum Gasteiger partial charge on any atom is -0.489 e. The Labute approximate surface area is 464 Å². The van der Waals surface area contributed by atoms with Crippen molar-refractivity contribution in [3.8, 4) is 5.75 Å². The lowest BCUT2D eigenvalue weighted by atomic mass is 9.85. The number of nitrogens with zero attached hydrogens (tertiary/aromatic N) is 5. The highest BCUT2D eigenvalue weighted by molar-refractivity contribution is 6.00. The number of nitrogens with one attached hydrogen (secondary N) is 6. The Hall–Kier alpha value is -6.72. The summed E-state index contributed by atoms with van der Waals surface area (Å²) >= 11 is 0. The third-order valence-corrected chi connectivity index (χ3v) is 13.9. The van der Waals surface area contributed by atoms with Crippen LogP contribution in [-0.2, 0) is 42.9 Å². The summed E-state index contributed by atoms with van der Waals surface area (Å²) in [6.45, 7) is 18.2. The van der Waals surface area contributed by atoms with Crippen LogP contribution in [0.5, 0.6) is 5.75 Å². The van der Waals surface area contributed by atoms with Crippen molar-refractivity contribution in [2.24, 2.45) is 5.41 Å². The van der Waals surface area contributed by atoms with Crippen LogP contribution in [0.1, 0.15) is 113 Å². The van der Waals surface area contributed by atoms with E-state index in [1.54, 1.807) is 29.6 Å². The first kappa shape index (κ1) is 61.5. The SMILES string of the molecule is CC[C@@H](NC(=O)[C@@H]1C[C@H](NC(=O)CCOCCOCCOCCOCCC(=O)NCCN2C[C@H](C)Oc3ccc(C)cc3[C@@H](C)Nc3ccn4ncc(c4n3)C2=O)CN1C(=O)[C@@H](NC(=O)[C@H](C)NC)C(C)(C)C)c1ccccc1. The number of likely N-dealkylation sites (N-methyl/N-ethyl adjacent to an activating group) is 1. The van der Waals surface area contributed by atoms with Crippen LogP contribution in [0.15, 0.2) is 67.0 Å². The first-order chi connectivity index (χ1) is 37.9. The molecule has 6 rings (SSSR count). The Balaban J connectivity index is 0.843. The number of fused-ring (bicyclic) bond motifs is 2. The van der Waals surface area contributed by atoms with Gasteiger partial charge in [0.25, 0.3) is 5.91 Å². The number of likely N-dealkylation sites (tertiary alicyclic amines) is 1. The molecular weight excluding hydrogens is 1010 g/mol. The van der Waals surface area contributed by atoms with E-state index < -0.39 is 35.5 Å². The van der Waals surface area contributed by atoms with Gasteiger partial charge in [0.1, 0.15) is 35.3 Å². The summed E-state index contributed by atoms with van der Waals surface area (Å²) in [5.74, 6) is -0.526. The van der Waals surface area contributed by atoms with Gasteiger partial charge in [0.05, 0.1) is 83.7 Å². The average molecular weight is 1100 g/mol. The maximum atomic E-state index is 14.3. The highest BCUT2D eigenvalue weighted by Crippen LogP contribution is 2.31. The van der Waals surface area contributed by atoms with Crippen LogP contribution in [0.4, 0.5) is 5.82 Å². The van der Waals surface area contributed by atoms with E-state index in [0.29, 0.717) is 49.0 Å². The Morgan fingerprint density at radius 3 is 2.16 bits per heavy atom. The molecule has 0 saturated carbocycles. The highest BCUT2D eigenvalue weighted by Gasteiger charge is 2.46. The van der Waals surface area contributed by atoms with E-state index in [9.17, 15) is 28.8 Å². The molecule has 2 bridgehead atoms. The topological polar surface area (TPSA) is 257 Å². The molecule has 4 heterocycles. The largest absolute Gasteiger partial charge is 0.489 e. The van der Waals surface area contributed by atoms with E-state index in [1.165, 1.54) is 11.1 Å². The molecule has 2 aliphatic rings. The Morgan fingerprint density at radius 1 is 0.861 bits per heavy atom. The molecule has 7 atom stereocenters. The normalized spacial score (nSPS) is 18.7. The summed E-state index contributed by atoms with van der Waals surface area (Å²) < 4.78 is 30.5. The van der Waals surface area contributed by atoms with Gasteiger partial charge in [-0.2, -0.15) is 5.10 Å². The van der Waals surface area contributed by atoms with Crippen molar-refractivity contribution in [2.75, 3.05) is 91.4 Å². The minimum atomic E-state index is -0.928. The zero-order chi connectivity index (χ0) is 57.1. The molecule has 4 aromatic rings. The molecule has 22 heteroatoms. The van der Waals surface area contributed by atoms with Gasteiger partial charge in [0.15, 0.2) is 5.65 Å². The molecule has 2 aromatic heterocycles. The van der Waals surface area contributed by atoms with Crippen molar-refractivity contribution in [1.29, 1.82) is 0 Å². The van der Waals surface area contributed by atoms with E-state index in [0.717, 1.165) is 16.7 Å².